The zero-order chi connectivity index (χ0) is 12.3. The van der Waals surface area contributed by atoms with Crippen LogP contribution in [0.5, 0.6) is 0 Å². The SMILES string of the molecule is N#CC(c1ccc(F)c(Cl)c1)N1CCCCC1. The van der Waals surface area contributed by atoms with Crippen molar-refractivity contribution < 1.29 is 4.39 Å². The van der Waals surface area contributed by atoms with Gasteiger partial charge >= 0.3 is 0 Å². The quantitative estimate of drug-likeness (QED) is 0.805. The summed E-state index contributed by atoms with van der Waals surface area (Å²) < 4.78 is 13.1. The van der Waals surface area contributed by atoms with Crippen molar-refractivity contribution in [1.82, 2.24) is 4.90 Å². The summed E-state index contributed by atoms with van der Waals surface area (Å²) in [5, 5.41) is 9.35. The van der Waals surface area contributed by atoms with Crippen molar-refractivity contribution in [1.29, 1.82) is 5.26 Å². The molecule has 2 nitrogen and oxygen atoms in total. The fourth-order valence-corrected chi connectivity index (χ4v) is 2.42. The fraction of sp³-hybridized carbons (Fsp3) is 0.462. The van der Waals surface area contributed by atoms with Gasteiger partial charge in [0.2, 0.25) is 0 Å². The maximum atomic E-state index is 13.1. The smallest absolute Gasteiger partial charge is 0.141 e. The Hall–Kier alpha value is -1.11. The molecule has 90 valence electrons. The molecule has 0 aromatic heterocycles. The average Bonchev–Trinajstić information content (AvgIpc) is 2.36. The lowest BCUT2D eigenvalue weighted by Gasteiger charge is -2.30. The van der Waals surface area contributed by atoms with E-state index in [2.05, 4.69) is 11.0 Å². The van der Waals surface area contributed by atoms with E-state index in [0.717, 1.165) is 31.5 Å². The minimum atomic E-state index is -0.439. The number of halogens is 2. The van der Waals surface area contributed by atoms with Crippen molar-refractivity contribution >= 4 is 11.6 Å². The summed E-state index contributed by atoms with van der Waals surface area (Å²) in [4.78, 5) is 2.13. The van der Waals surface area contributed by atoms with Crippen LogP contribution in [0.25, 0.3) is 0 Å². The van der Waals surface area contributed by atoms with Gasteiger partial charge in [0, 0.05) is 0 Å². The number of rotatable bonds is 2. The van der Waals surface area contributed by atoms with Crippen LogP contribution in [-0.2, 0) is 0 Å². The third-order valence-electron chi connectivity index (χ3n) is 3.14. The van der Waals surface area contributed by atoms with Gasteiger partial charge in [-0.05, 0) is 43.6 Å². The molecule has 0 bridgehead atoms. The molecule has 1 aromatic carbocycles. The van der Waals surface area contributed by atoms with E-state index in [1.54, 1.807) is 12.1 Å². The molecule has 1 fully saturated rings. The second-order valence-corrected chi connectivity index (χ2v) is 4.71. The van der Waals surface area contributed by atoms with E-state index in [0.29, 0.717) is 0 Å². The lowest BCUT2D eigenvalue weighted by molar-refractivity contribution is 0.196. The number of nitriles is 1. The Balaban J connectivity index is 2.22. The number of hydrogen-bond acceptors (Lipinski definition) is 2. The zero-order valence-corrected chi connectivity index (χ0v) is 10.3. The van der Waals surface area contributed by atoms with Crippen LogP contribution in [0.15, 0.2) is 18.2 Å². The standard InChI is InChI=1S/C13H14ClFN2/c14-11-8-10(4-5-12(11)15)13(9-16)17-6-2-1-3-7-17/h4-5,8,13H,1-3,6-7H2. The summed E-state index contributed by atoms with van der Waals surface area (Å²) in [5.74, 6) is -0.439. The lowest BCUT2D eigenvalue weighted by atomic mass is 10.0. The summed E-state index contributed by atoms with van der Waals surface area (Å²) in [6.07, 6.45) is 3.46. The maximum absolute atomic E-state index is 13.1. The molecule has 1 saturated heterocycles. The molecule has 1 aliphatic heterocycles. The van der Waals surface area contributed by atoms with Gasteiger partial charge in [-0.15, -0.1) is 0 Å². The van der Waals surface area contributed by atoms with Gasteiger partial charge in [0.1, 0.15) is 11.9 Å². The highest BCUT2D eigenvalue weighted by Gasteiger charge is 2.22. The molecule has 0 amide bonds. The van der Waals surface area contributed by atoms with Crippen molar-refractivity contribution in [3.8, 4) is 6.07 Å². The molecular formula is C13H14ClFN2. The number of benzene rings is 1. The van der Waals surface area contributed by atoms with Gasteiger partial charge in [-0.3, -0.25) is 4.90 Å². The maximum Gasteiger partial charge on any atom is 0.141 e. The first-order valence-corrected chi connectivity index (χ1v) is 6.19. The van der Waals surface area contributed by atoms with Crippen LogP contribution >= 0.6 is 11.6 Å². The van der Waals surface area contributed by atoms with Crippen LogP contribution in [-0.4, -0.2) is 18.0 Å². The van der Waals surface area contributed by atoms with Gasteiger partial charge in [-0.2, -0.15) is 5.26 Å². The highest BCUT2D eigenvalue weighted by Crippen LogP contribution is 2.27. The average molecular weight is 253 g/mol. The molecule has 0 spiro atoms. The van der Waals surface area contributed by atoms with Crippen molar-refractivity contribution in [2.45, 2.75) is 25.3 Å². The molecule has 1 atom stereocenters. The molecule has 0 saturated carbocycles. The number of piperidine rings is 1. The highest BCUT2D eigenvalue weighted by molar-refractivity contribution is 6.30. The van der Waals surface area contributed by atoms with E-state index in [-0.39, 0.29) is 11.1 Å². The summed E-state index contributed by atoms with van der Waals surface area (Å²) in [7, 11) is 0. The van der Waals surface area contributed by atoms with Gasteiger partial charge < -0.3 is 0 Å². The summed E-state index contributed by atoms with van der Waals surface area (Å²) in [6.45, 7) is 1.85. The first-order chi connectivity index (χ1) is 8.22. The van der Waals surface area contributed by atoms with Crippen LogP contribution in [0.2, 0.25) is 5.02 Å². The van der Waals surface area contributed by atoms with Crippen LogP contribution in [0.1, 0.15) is 30.9 Å². The van der Waals surface area contributed by atoms with E-state index in [9.17, 15) is 9.65 Å². The second kappa shape index (κ2) is 5.48. The van der Waals surface area contributed by atoms with Gasteiger partial charge in [0.25, 0.3) is 0 Å². The molecule has 1 aliphatic rings. The molecule has 0 radical (unpaired) electrons. The minimum Gasteiger partial charge on any atom is -0.284 e. The van der Waals surface area contributed by atoms with Gasteiger partial charge in [-0.1, -0.05) is 24.1 Å². The number of likely N-dealkylation sites (tertiary alicyclic amines) is 1. The largest absolute Gasteiger partial charge is 0.284 e. The van der Waals surface area contributed by atoms with E-state index in [1.807, 2.05) is 0 Å². The van der Waals surface area contributed by atoms with Crippen molar-refractivity contribution in [2.75, 3.05) is 13.1 Å². The molecule has 1 aromatic rings. The van der Waals surface area contributed by atoms with Crippen LogP contribution in [0.3, 0.4) is 0 Å². The topological polar surface area (TPSA) is 27.0 Å². The summed E-state index contributed by atoms with van der Waals surface area (Å²) >= 11 is 5.75. The predicted molar refractivity (Wildman–Crippen MR) is 65.2 cm³/mol. The van der Waals surface area contributed by atoms with Gasteiger partial charge in [-0.25, -0.2) is 4.39 Å². The number of hydrogen-bond donors (Lipinski definition) is 0. The third kappa shape index (κ3) is 2.77. The van der Waals surface area contributed by atoms with Crippen molar-refractivity contribution in [3.63, 3.8) is 0 Å². The lowest BCUT2D eigenvalue weighted by Crippen LogP contribution is -2.33. The molecule has 2 rings (SSSR count). The Morgan fingerprint density at radius 3 is 2.59 bits per heavy atom. The molecule has 1 heterocycles. The predicted octanol–water partition coefficient (Wildman–Crippen LogP) is 3.53. The molecule has 17 heavy (non-hydrogen) atoms. The summed E-state index contributed by atoms with van der Waals surface area (Å²) in [5.41, 5.74) is 0.779. The van der Waals surface area contributed by atoms with Crippen molar-refractivity contribution in [3.05, 3.63) is 34.6 Å². The Labute approximate surface area is 106 Å². The Morgan fingerprint density at radius 2 is 2.00 bits per heavy atom. The van der Waals surface area contributed by atoms with E-state index in [4.69, 9.17) is 11.6 Å². The van der Waals surface area contributed by atoms with E-state index < -0.39 is 5.82 Å². The normalized spacial score (nSPS) is 18.6. The first kappa shape index (κ1) is 12.3. The Kier molecular flexibility index (Phi) is 3.98. The van der Waals surface area contributed by atoms with Crippen LogP contribution < -0.4 is 0 Å². The molecule has 1 unspecified atom stereocenters. The van der Waals surface area contributed by atoms with Gasteiger partial charge in [0.15, 0.2) is 0 Å². The first-order valence-electron chi connectivity index (χ1n) is 5.81. The van der Waals surface area contributed by atoms with E-state index in [1.165, 1.54) is 12.5 Å². The summed E-state index contributed by atoms with van der Waals surface area (Å²) in [6, 6.07) is 6.49. The van der Waals surface area contributed by atoms with Crippen LogP contribution in [0.4, 0.5) is 4.39 Å². The third-order valence-corrected chi connectivity index (χ3v) is 3.43. The Bertz CT molecular complexity index is 436. The van der Waals surface area contributed by atoms with Crippen molar-refractivity contribution in [2.24, 2.45) is 0 Å². The monoisotopic (exact) mass is 252 g/mol. The zero-order valence-electron chi connectivity index (χ0n) is 9.50. The molecule has 0 N–H and O–H groups in total. The van der Waals surface area contributed by atoms with E-state index >= 15 is 0 Å². The second-order valence-electron chi connectivity index (χ2n) is 4.30. The Morgan fingerprint density at radius 1 is 1.29 bits per heavy atom. The minimum absolute atomic E-state index is 0.0831. The van der Waals surface area contributed by atoms with Crippen LogP contribution in [0, 0.1) is 17.1 Å². The van der Waals surface area contributed by atoms with Gasteiger partial charge in [0.05, 0.1) is 11.1 Å². The molecule has 0 aliphatic carbocycles. The fourth-order valence-electron chi connectivity index (χ4n) is 2.23. The highest BCUT2D eigenvalue weighted by atomic mass is 35.5. The molecular weight excluding hydrogens is 239 g/mol. The molecule has 4 heteroatoms. The number of nitrogens with zero attached hydrogens (tertiary/aromatic N) is 2.